The fraction of sp³-hybridized carbons (Fsp3) is 0.846. The molecule has 1 heterocycles. The molecule has 1 amide bonds. The van der Waals surface area contributed by atoms with Crippen molar-refractivity contribution < 1.29 is 10.0 Å². The lowest BCUT2D eigenvalue weighted by Crippen LogP contribution is -2.53. The van der Waals surface area contributed by atoms with Crippen LogP contribution in [0.4, 0.5) is 0 Å². The van der Waals surface area contributed by atoms with Crippen LogP contribution < -0.4 is 11.1 Å². The molecule has 1 rings (SSSR count). The number of hydrogen-bond donors (Lipinski definition) is 3. The molecule has 19 heavy (non-hydrogen) atoms. The molecule has 4 N–H and O–H groups in total. The number of likely N-dealkylation sites (tertiary alicyclic amines) is 1. The molecule has 0 spiro atoms. The van der Waals surface area contributed by atoms with Crippen LogP contribution in [0, 0.1) is 5.41 Å². The van der Waals surface area contributed by atoms with Gasteiger partial charge in [0.15, 0.2) is 5.84 Å². The largest absolute Gasteiger partial charge is 0.409 e. The smallest absolute Gasteiger partial charge is 0.234 e. The summed E-state index contributed by atoms with van der Waals surface area (Å²) in [5.74, 6) is -0.120. The van der Waals surface area contributed by atoms with Gasteiger partial charge in [-0.25, -0.2) is 0 Å². The number of nitrogens with two attached hydrogens (primary N) is 1. The number of carbonyl (C=O) groups is 1. The number of oxime groups is 1. The molecular weight excluding hydrogens is 244 g/mol. The predicted molar refractivity (Wildman–Crippen MR) is 75.1 cm³/mol. The van der Waals surface area contributed by atoms with Gasteiger partial charge < -0.3 is 21.2 Å². The first-order valence-corrected chi connectivity index (χ1v) is 6.97. The minimum absolute atomic E-state index is 0.00271. The molecule has 0 saturated carbocycles. The maximum Gasteiger partial charge on any atom is 0.234 e. The van der Waals surface area contributed by atoms with Crippen LogP contribution in [0.3, 0.4) is 0 Å². The standard InChI is InChI=1S/C13H26N4O2/c1-4-13(5-2,11(14)16-19)12(18)15-10-6-8-17(3)9-7-10/h10,19H,4-9H2,1-3H3,(H2,14,16)(H,15,18). The Hall–Kier alpha value is -1.30. The zero-order valence-corrected chi connectivity index (χ0v) is 12.1. The summed E-state index contributed by atoms with van der Waals surface area (Å²) in [6.07, 6.45) is 2.94. The predicted octanol–water partition coefficient (Wildman–Crippen LogP) is 0.750. The molecule has 1 aliphatic rings. The molecule has 0 atom stereocenters. The minimum Gasteiger partial charge on any atom is -0.409 e. The Morgan fingerprint density at radius 3 is 2.37 bits per heavy atom. The first-order chi connectivity index (χ1) is 9.00. The van der Waals surface area contributed by atoms with Crippen molar-refractivity contribution >= 4 is 11.7 Å². The number of hydrogen-bond acceptors (Lipinski definition) is 4. The molecule has 0 radical (unpaired) electrons. The van der Waals surface area contributed by atoms with E-state index in [0.717, 1.165) is 25.9 Å². The second kappa shape index (κ2) is 6.75. The van der Waals surface area contributed by atoms with E-state index in [-0.39, 0.29) is 17.8 Å². The average molecular weight is 270 g/mol. The molecule has 0 aromatic carbocycles. The molecule has 0 unspecified atom stereocenters. The molecule has 1 aliphatic heterocycles. The lowest BCUT2D eigenvalue weighted by molar-refractivity contribution is -0.129. The zero-order chi connectivity index (χ0) is 14.5. The van der Waals surface area contributed by atoms with Gasteiger partial charge in [-0.15, -0.1) is 0 Å². The zero-order valence-electron chi connectivity index (χ0n) is 12.1. The van der Waals surface area contributed by atoms with E-state index in [9.17, 15) is 4.79 Å². The van der Waals surface area contributed by atoms with Crippen molar-refractivity contribution in [3.8, 4) is 0 Å². The van der Waals surface area contributed by atoms with E-state index >= 15 is 0 Å². The van der Waals surface area contributed by atoms with Gasteiger partial charge in [0.1, 0.15) is 5.41 Å². The third-order valence-corrected chi connectivity index (χ3v) is 4.29. The van der Waals surface area contributed by atoms with Crippen molar-refractivity contribution in [1.29, 1.82) is 0 Å². The van der Waals surface area contributed by atoms with Crippen molar-refractivity contribution in [1.82, 2.24) is 10.2 Å². The van der Waals surface area contributed by atoms with E-state index in [2.05, 4.69) is 22.4 Å². The molecule has 0 bridgehead atoms. The second-order valence-electron chi connectivity index (χ2n) is 5.33. The number of rotatable bonds is 5. The van der Waals surface area contributed by atoms with Crippen molar-refractivity contribution in [2.45, 2.75) is 45.6 Å². The number of nitrogens with one attached hydrogen (secondary N) is 1. The van der Waals surface area contributed by atoms with E-state index in [4.69, 9.17) is 10.9 Å². The van der Waals surface area contributed by atoms with E-state index in [0.29, 0.717) is 12.8 Å². The summed E-state index contributed by atoms with van der Waals surface area (Å²) in [6.45, 7) is 5.74. The highest BCUT2D eigenvalue weighted by atomic mass is 16.4. The number of piperidine rings is 1. The van der Waals surface area contributed by atoms with E-state index < -0.39 is 5.41 Å². The van der Waals surface area contributed by atoms with Gasteiger partial charge in [0.25, 0.3) is 0 Å². The summed E-state index contributed by atoms with van der Waals surface area (Å²) in [5.41, 5.74) is 4.84. The van der Waals surface area contributed by atoms with E-state index in [1.54, 1.807) is 0 Å². The maximum atomic E-state index is 12.5. The third kappa shape index (κ3) is 3.37. The first-order valence-electron chi connectivity index (χ1n) is 6.97. The molecule has 0 aromatic heterocycles. The average Bonchev–Trinajstić information content (AvgIpc) is 2.43. The van der Waals surface area contributed by atoms with Crippen LogP contribution in [-0.2, 0) is 4.79 Å². The van der Waals surface area contributed by atoms with Gasteiger partial charge in [0, 0.05) is 6.04 Å². The molecule has 1 saturated heterocycles. The Labute approximate surface area is 115 Å². The summed E-state index contributed by atoms with van der Waals surface area (Å²) in [4.78, 5) is 14.7. The summed E-state index contributed by atoms with van der Waals surface area (Å²) in [5, 5.41) is 15.0. The Morgan fingerprint density at radius 2 is 1.95 bits per heavy atom. The van der Waals surface area contributed by atoms with Crippen LogP contribution in [0.1, 0.15) is 39.5 Å². The molecule has 0 aromatic rings. The molecule has 6 heteroatoms. The van der Waals surface area contributed by atoms with Gasteiger partial charge in [0.2, 0.25) is 5.91 Å². The summed E-state index contributed by atoms with van der Waals surface area (Å²) in [7, 11) is 2.08. The number of amides is 1. The van der Waals surface area contributed by atoms with Crippen LogP contribution in [0.2, 0.25) is 0 Å². The minimum atomic E-state index is -0.891. The Balaban J connectivity index is 2.73. The quantitative estimate of drug-likeness (QED) is 0.297. The lowest BCUT2D eigenvalue weighted by atomic mass is 9.79. The second-order valence-corrected chi connectivity index (χ2v) is 5.33. The van der Waals surface area contributed by atoms with Crippen molar-refractivity contribution in [2.24, 2.45) is 16.3 Å². The number of nitrogens with zero attached hydrogens (tertiary/aromatic N) is 2. The van der Waals surface area contributed by atoms with Crippen molar-refractivity contribution in [3.63, 3.8) is 0 Å². The molecule has 1 fully saturated rings. The normalized spacial score (nSPS) is 19.4. The highest BCUT2D eigenvalue weighted by Crippen LogP contribution is 2.27. The van der Waals surface area contributed by atoms with Gasteiger partial charge in [0.05, 0.1) is 0 Å². The highest BCUT2D eigenvalue weighted by molar-refractivity contribution is 6.06. The van der Waals surface area contributed by atoms with Crippen LogP contribution in [0.15, 0.2) is 5.16 Å². The Kier molecular flexibility index (Phi) is 5.60. The molecule has 110 valence electrons. The van der Waals surface area contributed by atoms with Crippen molar-refractivity contribution in [2.75, 3.05) is 20.1 Å². The topological polar surface area (TPSA) is 91.0 Å². The van der Waals surface area contributed by atoms with Crippen LogP contribution >= 0.6 is 0 Å². The monoisotopic (exact) mass is 270 g/mol. The maximum absolute atomic E-state index is 12.5. The van der Waals surface area contributed by atoms with Gasteiger partial charge in [-0.2, -0.15) is 0 Å². The van der Waals surface area contributed by atoms with E-state index in [1.165, 1.54) is 0 Å². The first kappa shape index (κ1) is 15.8. The van der Waals surface area contributed by atoms with Gasteiger partial charge in [-0.1, -0.05) is 19.0 Å². The fourth-order valence-corrected chi connectivity index (χ4v) is 2.62. The van der Waals surface area contributed by atoms with Gasteiger partial charge >= 0.3 is 0 Å². The fourth-order valence-electron chi connectivity index (χ4n) is 2.62. The van der Waals surface area contributed by atoms with Gasteiger partial charge in [-0.05, 0) is 45.8 Å². The van der Waals surface area contributed by atoms with E-state index in [1.807, 2.05) is 13.8 Å². The van der Waals surface area contributed by atoms with Crippen LogP contribution in [0.25, 0.3) is 0 Å². The lowest BCUT2D eigenvalue weighted by Gasteiger charge is -2.34. The summed E-state index contributed by atoms with van der Waals surface area (Å²) < 4.78 is 0. The third-order valence-electron chi connectivity index (χ3n) is 4.29. The number of carbonyl (C=O) groups excluding carboxylic acids is 1. The summed E-state index contributed by atoms with van der Waals surface area (Å²) in [6, 6.07) is 0.188. The van der Waals surface area contributed by atoms with Crippen LogP contribution in [-0.4, -0.2) is 48.0 Å². The summed E-state index contributed by atoms with van der Waals surface area (Å²) >= 11 is 0. The SMILES string of the molecule is CCC(CC)(C(=O)NC1CCN(C)CC1)C(N)=NO. The Bertz CT molecular complexity index is 332. The molecular formula is C13H26N4O2. The Morgan fingerprint density at radius 1 is 1.42 bits per heavy atom. The van der Waals surface area contributed by atoms with Crippen LogP contribution in [0.5, 0.6) is 0 Å². The highest BCUT2D eigenvalue weighted by Gasteiger charge is 2.40. The molecule has 6 nitrogen and oxygen atoms in total. The van der Waals surface area contributed by atoms with Gasteiger partial charge in [-0.3, -0.25) is 4.79 Å². The number of amidine groups is 1. The molecule has 0 aliphatic carbocycles. The van der Waals surface area contributed by atoms with Crippen molar-refractivity contribution in [3.05, 3.63) is 0 Å².